The lowest BCUT2D eigenvalue weighted by Gasteiger charge is -2.19. The van der Waals surface area contributed by atoms with Crippen LogP contribution in [0.5, 0.6) is 0 Å². The molecule has 0 aliphatic carbocycles. The number of hydrogen-bond donors (Lipinski definition) is 2. The fourth-order valence-corrected chi connectivity index (χ4v) is 3.75. The van der Waals surface area contributed by atoms with E-state index in [2.05, 4.69) is 10.3 Å². The molecule has 0 saturated heterocycles. The number of carbonyl (C=O) groups is 3. The highest BCUT2D eigenvalue weighted by molar-refractivity contribution is 5.98. The van der Waals surface area contributed by atoms with Crippen molar-refractivity contribution in [2.75, 3.05) is 24.3 Å². The van der Waals surface area contributed by atoms with Crippen LogP contribution in [-0.4, -0.2) is 36.0 Å². The number of nitrogens with one attached hydrogen (secondary N) is 1. The van der Waals surface area contributed by atoms with Crippen LogP contribution in [0.3, 0.4) is 0 Å². The molecule has 0 radical (unpaired) electrons. The van der Waals surface area contributed by atoms with Gasteiger partial charge < -0.3 is 20.5 Å². The van der Waals surface area contributed by atoms with Crippen LogP contribution < -0.4 is 11.1 Å². The molecule has 0 saturated carbocycles. The van der Waals surface area contributed by atoms with Crippen molar-refractivity contribution in [3.05, 3.63) is 47.8 Å². The second-order valence-corrected chi connectivity index (χ2v) is 7.68. The molecule has 0 fully saturated rings. The van der Waals surface area contributed by atoms with Gasteiger partial charge in [-0.15, -0.1) is 0 Å². The Kier molecular flexibility index (Phi) is 8.18. The number of nitrogens with zero attached hydrogens (tertiary/aromatic N) is 1. The molecular weight excluding hydrogens is 422 g/mol. The van der Waals surface area contributed by atoms with E-state index in [0.29, 0.717) is 53.9 Å². The third kappa shape index (κ3) is 6.19. The Balaban J connectivity index is 2.10. The van der Waals surface area contributed by atoms with E-state index in [0.717, 1.165) is 5.56 Å². The molecule has 174 valence electrons. The lowest BCUT2D eigenvalue weighted by atomic mass is 9.93. The molecule has 1 aliphatic rings. The average molecular weight is 452 g/mol. The molecular formula is C25H29N3O5. The van der Waals surface area contributed by atoms with Gasteiger partial charge in [-0.3, -0.25) is 14.6 Å². The Hall–Kier alpha value is -3.68. The Morgan fingerprint density at radius 2 is 1.97 bits per heavy atom. The molecule has 1 unspecified atom stereocenters. The van der Waals surface area contributed by atoms with Crippen molar-refractivity contribution in [2.45, 2.75) is 45.4 Å². The van der Waals surface area contributed by atoms with Gasteiger partial charge in [-0.25, -0.2) is 4.79 Å². The minimum Gasteiger partial charge on any atom is -0.465 e. The molecule has 1 atom stereocenters. The summed E-state index contributed by atoms with van der Waals surface area (Å²) >= 11 is 0. The Morgan fingerprint density at radius 3 is 2.73 bits per heavy atom. The zero-order chi connectivity index (χ0) is 23.8. The molecule has 1 aromatic heterocycles. The third-order valence-electron chi connectivity index (χ3n) is 5.35. The zero-order valence-corrected chi connectivity index (χ0v) is 18.9. The van der Waals surface area contributed by atoms with Crippen LogP contribution in [0.25, 0.3) is 17.2 Å². The number of esters is 2. The Morgan fingerprint density at radius 1 is 1.18 bits per heavy atom. The second-order valence-electron chi connectivity index (χ2n) is 7.68. The molecule has 2 bridgehead atoms. The minimum atomic E-state index is -0.507. The number of nitrogen functional groups attached to an aromatic ring is 1. The summed E-state index contributed by atoms with van der Waals surface area (Å²) in [7, 11) is 0. The van der Waals surface area contributed by atoms with Crippen molar-refractivity contribution in [2.24, 2.45) is 0 Å². The normalized spacial score (nSPS) is 16.2. The van der Waals surface area contributed by atoms with E-state index in [4.69, 9.17) is 15.2 Å². The van der Waals surface area contributed by atoms with Crippen molar-refractivity contribution >= 4 is 35.3 Å². The van der Waals surface area contributed by atoms with Crippen molar-refractivity contribution in [3.8, 4) is 11.1 Å². The molecule has 3 N–H and O–H groups in total. The standard InChI is InChI=1S/C25H29N3O5/c1-3-32-24(30)10-9-17-13-19-16-11-12-27-21(14-16)18(25(31)33-4-2)7-5-6-8-23(29)28-22(19)15-20(17)26/h9-15,18H,3-8,26H2,1-2H3,(H,28,29)/b10-9+. The molecule has 33 heavy (non-hydrogen) atoms. The summed E-state index contributed by atoms with van der Waals surface area (Å²) < 4.78 is 10.2. The van der Waals surface area contributed by atoms with Crippen LogP contribution in [0, 0.1) is 0 Å². The lowest BCUT2D eigenvalue weighted by molar-refractivity contribution is -0.145. The van der Waals surface area contributed by atoms with Gasteiger partial charge in [0.25, 0.3) is 0 Å². The number of rotatable bonds is 5. The molecule has 2 aromatic rings. The fourth-order valence-electron chi connectivity index (χ4n) is 3.75. The number of benzene rings is 1. The van der Waals surface area contributed by atoms with Crippen molar-refractivity contribution in [1.82, 2.24) is 4.98 Å². The third-order valence-corrected chi connectivity index (χ3v) is 5.35. The number of ether oxygens (including phenoxy) is 2. The molecule has 1 aliphatic heterocycles. The van der Waals surface area contributed by atoms with E-state index in [1.807, 2.05) is 6.07 Å². The van der Waals surface area contributed by atoms with Crippen molar-refractivity contribution in [1.29, 1.82) is 0 Å². The van der Waals surface area contributed by atoms with Gasteiger partial charge in [-0.2, -0.15) is 0 Å². The van der Waals surface area contributed by atoms with Gasteiger partial charge in [0.1, 0.15) is 0 Å². The summed E-state index contributed by atoms with van der Waals surface area (Å²) in [4.78, 5) is 41.4. The number of nitrogens with two attached hydrogens (primary N) is 1. The van der Waals surface area contributed by atoms with E-state index < -0.39 is 11.9 Å². The monoisotopic (exact) mass is 451 g/mol. The number of hydrogen-bond acceptors (Lipinski definition) is 7. The topological polar surface area (TPSA) is 121 Å². The average Bonchev–Trinajstić information content (AvgIpc) is 2.78. The number of anilines is 2. The number of pyridine rings is 1. The highest BCUT2D eigenvalue weighted by atomic mass is 16.5. The maximum Gasteiger partial charge on any atom is 0.330 e. The van der Waals surface area contributed by atoms with Gasteiger partial charge >= 0.3 is 11.9 Å². The first-order valence-electron chi connectivity index (χ1n) is 11.1. The SMILES string of the molecule is CCOC(=O)/C=C/c1cc2c(cc1N)NC(=O)CCCCC(C(=O)OCC)c1cc-2ccn1. The van der Waals surface area contributed by atoms with Gasteiger partial charge in [0.05, 0.1) is 30.5 Å². The van der Waals surface area contributed by atoms with E-state index in [1.165, 1.54) is 6.08 Å². The lowest BCUT2D eigenvalue weighted by Crippen LogP contribution is -2.18. The Labute approximate surface area is 193 Å². The molecule has 1 amide bonds. The quantitative estimate of drug-likeness (QED) is 0.399. The van der Waals surface area contributed by atoms with Crippen LogP contribution in [0.15, 0.2) is 36.5 Å². The Bertz CT molecular complexity index is 1060. The summed E-state index contributed by atoms with van der Waals surface area (Å²) in [6.45, 7) is 4.06. The smallest absolute Gasteiger partial charge is 0.330 e. The van der Waals surface area contributed by atoms with Gasteiger partial charge in [0, 0.05) is 29.9 Å². The number of carbonyl (C=O) groups excluding carboxylic acids is 3. The predicted octanol–water partition coefficient (Wildman–Crippen LogP) is 4.07. The van der Waals surface area contributed by atoms with Crippen LogP contribution in [-0.2, 0) is 23.9 Å². The first-order chi connectivity index (χ1) is 15.9. The van der Waals surface area contributed by atoms with Crippen molar-refractivity contribution in [3.63, 3.8) is 0 Å². The van der Waals surface area contributed by atoms with Crippen LogP contribution in [0.1, 0.15) is 56.7 Å². The number of aromatic nitrogens is 1. The first kappa shape index (κ1) is 24.0. The van der Waals surface area contributed by atoms with Crippen LogP contribution in [0.4, 0.5) is 11.4 Å². The van der Waals surface area contributed by atoms with E-state index in [-0.39, 0.29) is 25.1 Å². The van der Waals surface area contributed by atoms with Crippen molar-refractivity contribution < 1.29 is 23.9 Å². The van der Waals surface area contributed by atoms with E-state index in [9.17, 15) is 14.4 Å². The number of amides is 1. The van der Waals surface area contributed by atoms with Gasteiger partial charge in [0.2, 0.25) is 5.91 Å². The summed E-state index contributed by atoms with van der Waals surface area (Å²) in [6, 6.07) is 7.11. The number of fused-ring (bicyclic) bond motifs is 4. The maximum absolute atomic E-state index is 12.6. The molecule has 3 rings (SSSR count). The first-order valence-corrected chi connectivity index (χ1v) is 11.1. The summed E-state index contributed by atoms with van der Waals surface area (Å²) in [5, 5.41) is 2.95. The minimum absolute atomic E-state index is 0.131. The van der Waals surface area contributed by atoms with Crippen LogP contribution >= 0.6 is 0 Å². The molecule has 2 heterocycles. The molecule has 0 spiro atoms. The summed E-state index contributed by atoms with van der Waals surface area (Å²) in [5.74, 6) is -1.43. The second kappa shape index (κ2) is 11.3. The van der Waals surface area contributed by atoms with Crippen LogP contribution in [0.2, 0.25) is 0 Å². The molecule has 8 nitrogen and oxygen atoms in total. The van der Waals surface area contributed by atoms with E-state index in [1.54, 1.807) is 44.3 Å². The zero-order valence-electron chi connectivity index (χ0n) is 18.9. The highest BCUT2D eigenvalue weighted by Gasteiger charge is 2.25. The summed E-state index contributed by atoms with van der Waals surface area (Å²) in [5.41, 5.74) is 9.84. The van der Waals surface area contributed by atoms with E-state index >= 15 is 0 Å². The summed E-state index contributed by atoms with van der Waals surface area (Å²) in [6.07, 6.45) is 6.71. The van der Waals surface area contributed by atoms with Gasteiger partial charge in [-0.05, 0) is 68.2 Å². The van der Waals surface area contributed by atoms with Gasteiger partial charge in [-0.1, -0.05) is 6.42 Å². The fraction of sp³-hybridized carbons (Fsp3) is 0.360. The molecule has 8 heteroatoms. The molecule has 1 aromatic carbocycles. The maximum atomic E-state index is 12.6. The largest absolute Gasteiger partial charge is 0.465 e. The highest BCUT2D eigenvalue weighted by Crippen LogP contribution is 2.35. The van der Waals surface area contributed by atoms with Gasteiger partial charge in [0.15, 0.2) is 0 Å². The predicted molar refractivity (Wildman–Crippen MR) is 126 cm³/mol.